The van der Waals surface area contributed by atoms with Crippen LogP contribution in [0.15, 0.2) is 41.5 Å². The highest BCUT2D eigenvalue weighted by molar-refractivity contribution is 6.31. The molecule has 0 spiro atoms. The second kappa shape index (κ2) is 7.15. The number of carbonyl (C=O) groups excluding carboxylic acids is 1. The first-order valence-corrected chi connectivity index (χ1v) is 7.62. The molecule has 3 N–H and O–H groups in total. The number of nitrogens with zero attached hydrogens (tertiary/aromatic N) is 5. The quantitative estimate of drug-likeness (QED) is 0.459. The topological polar surface area (TPSA) is 133 Å². The standard InChI is InChI=1S/C15H11ClN6O4/c16-10-5-9(15(24)13(6-10)22(25)26)7-17-19-14(23)8-21-12-4-2-1-3-11(12)18-20-21/h1-7H,8H2,(H2-,17,18,19,20,23,24,25,26)/p+1. The van der Waals surface area contributed by atoms with Gasteiger partial charge in [-0.1, -0.05) is 28.9 Å². The lowest BCUT2D eigenvalue weighted by Gasteiger charge is -2.02. The molecule has 0 fully saturated rings. The molecule has 0 atom stereocenters. The van der Waals surface area contributed by atoms with Gasteiger partial charge in [-0.05, 0) is 18.2 Å². The van der Waals surface area contributed by atoms with Crippen molar-refractivity contribution in [2.45, 2.75) is 6.54 Å². The molecule has 0 aliphatic rings. The number of halogens is 1. The van der Waals surface area contributed by atoms with Gasteiger partial charge in [-0.25, -0.2) is 15.3 Å². The lowest BCUT2D eigenvalue weighted by atomic mass is 10.2. The Hall–Kier alpha value is -3.53. The Morgan fingerprint density at radius 1 is 1.38 bits per heavy atom. The largest absolute Gasteiger partial charge is 0.502 e. The van der Waals surface area contributed by atoms with Gasteiger partial charge in [0.25, 0.3) is 10.8 Å². The number of fused-ring (bicyclic) bond motifs is 1. The van der Waals surface area contributed by atoms with Gasteiger partial charge in [-0.3, -0.25) is 4.79 Å². The molecule has 3 rings (SSSR count). The minimum absolute atomic E-state index is 0.0360. The highest BCUT2D eigenvalue weighted by atomic mass is 35.5. The zero-order chi connectivity index (χ0) is 18.7. The monoisotopic (exact) mass is 375 g/mol. The molecular formula is C15H12ClN6O4+. The number of para-hydroxylation sites is 1. The van der Waals surface area contributed by atoms with Gasteiger partial charge < -0.3 is 5.11 Å². The normalized spacial score (nSPS) is 11.1. The van der Waals surface area contributed by atoms with Crippen molar-refractivity contribution >= 4 is 40.4 Å². The summed E-state index contributed by atoms with van der Waals surface area (Å²) in [5, 5.41) is 30.4. The molecule has 1 amide bonds. The van der Waals surface area contributed by atoms with Gasteiger partial charge in [0.1, 0.15) is 12.1 Å². The van der Waals surface area contributed by atoms with Gasteiger partial charge in [-0.2, -0.15) is 5.10 Å². The van der Waals surface area contributed by atoms with Crippen molar-refractivity contribution in [2.75, 3.05) is 0 Å². The lowest BCUT2D eigenvalue weighted by molar-refractivity contribution is -0.730. The van der Waals surface area contributed by atoms with Crippen molar-refractivity contribution in [2.24, 2.45) is 5.10 Å². The number of carbonyl (C=O) groups is 1. The van der Waals surface area contributed by atoms with Crippen LogP contribution in [0.4, 0.5) is 5.69 Å². The third kappa shape index (κ3) is 3.59. The van der Waals surface area contributed by atoms with E-state index in [1.165, 1.54) is 10.7 Å². The zero-order valence-electron chi connectivity index (χ0n) is 13.1. The van der Waals surface area contributed by atoms with E-state index in [4.69, 9.17) is 16.8 Å². The van der Waals surface area contributed by atoms with E-state index in [2.05, 4.69) is 20.8 Å². The van der Waals surface area contributed by atoms with Gasteiger partial charge in [0, 0.05) is 16.7 Å². The van der Waals surface area contributed by atoms with Crippen LogP contribution < -0.4 is 5.43 Å². The van der Waals surface area contributed by atoms with Gasteiger partial charge in [0.15, 0.2) is 0 Å². The number of phenolic OH excluding ortho intramolecular Hbond substituents is 1. The van der Waals surface area contributed by atoms with Gasteiger partial charge in [0.05, 0.1) is 16.6 Å². The summed E-state index contributed by atoms with van der Waals surface area (Å²) >= 11 is 5.80. The number of aromatic nitrogens is 3. The summed E-state index contributed by atoms with van der Waals surface area (Å²) in [6.45, 7) is -0.115. The molecule has 11 heteroatoms. The van der Waals surface area contributed by atoms with Crippen LogP contribution in [0.1, 0.15) is 5.56 Å². The summed E-state index contributed by atoms with van der Waals surface area (Å²) in [6.07, 6.45) is 1.09. The Kier molecular flexibility index (Phi) is 4.76. The average Bonchev–Trinajstić information content (AvgIpc) is 3.00. The fourth-order valence-corrected chi connectivity index (χ4v) is 2.45. The Balaban J connectivity index is 1.71. The molecule has 0 unspecified atom stereocenters. The Morgan fingerprint density at radius 3 is 2.92 bits per heavy atom. The summed E-state index contributed by atoms with van der Waals surface area (Å²) in [6, 6.07) is 9.56. The van der Waals surface area contributed by atoms with Gasteiger partial charge in [-0.15, -0.1) is 5.10 Å². The van der Waals surface area contributed by atoms with E-state index in [1.807, 2.05) is 6.07 Å². The molecule has 0 radical (unpaired) electrons. The molecule has 0 saturated heterocycles. The molecule has 1 aromatic heterocycles. The summed E-state index contributed by atoms with van der Waals surface area (Å²) in [5.74, 6) is -1.02. The van der Waals surface area contributed by atoms with Crippen LogP contribution in [0.5, 0.6) is 5.75 Å². The summed E-state index contributed by atoms with van der Waals surface area (Å²) in [5.41, 5.74) is 3.21. The number of aromatic hydroxyl groups is 1. The Labute approximate surface area is 150 Å². The van der Waals surface area contributed by atoms with E-state index < -0.39 is 22.3 Å². The van der Waals surface area contributed by atoms with E-state index in [0.29, 0.717) is 11.0 Å². The van der Waals surface area contributed by atoms with Crippen LogP contribution in [-0.4, -0.2) is 42.4 Å². The fourth-order valence-electron chi connectivity index (χ4n) is 2.23. The summed E-state index contributed by atoms with van der Waals surface area (Å²) < 4.78 is 1.41. The number of hydrogen-bond acceptors (Lipinski definition) is 6. The van der Waals surface area contributed by atoms with Crippen molar-refractivity contribution in [1.29, 1.82) is 0 Å². The zero-order valence-corrected chi connectivity index (χ0v) is 13.8. The second-order valence-corrected chi connectivity index (χ2v) is 5.60. The van der Waals surface area contributed by atoms with Crippen molar-refractivity contribution in [1.82, 2.24) is 20.4 Å². The maximum atomic E-state index is 12.0. The molecule has 10 nitrogen and oxygen atoms in total. The van der Waals surface area contributed by atoms with Crippen LogP contribution in [0.2, 0.25) is 5.02 Å². The second-order valence-electron chi connectivity index (χ2n) is 5.16. The minimum Gasteiger partial charge on any atom is -0.502 e. The molecule has 26 heavy (non-hydrogen) atoms. The lowest BCUT2D eigenvalue weighted by Crippen LogP contribution is -2.23. The summed E-state index contributed by atoms with van der Waals surface area (Å²) in [7, 11) is 0. The average molecular weight is 376 g/mol. The van der Waals surface area contributed by atoms with Crippen LogP contribution in [0.25, 0.3) is 11.0 Å². The Morgan fingerprint density at radius 2 is 2.15 bits per heavy atom. The van der Waals surface area contributed by atoms with Crippen molar-refractivity contribution in [3.05, 3.63) is 51.9 Å². The third-order valence-corrected chi connectivity index (χ3v) is 3.61. The first-order valence-electron chi connectivity index (χ1n) is 7.24. The molecule has 0 saturated carbocycles. The first-order chi connectivity index (χ1) is 12.5. The van der Waals surface area contributed by atoms with Gasteiger partial charge in [0.2, 0.25) is 5.75 Å². The number of hydrazone groups is 1. The maximum Gasteiger partial charge on any atom is 0.359 e. The number of benzene rings is 2. The molecule has 132 valence electrons. The number of hydrogen-bond donors (Lipinski definition) is 3. The molecule has 1 heterocycles. The minimum atomic E-state index is -0.535. The van der Waals surface area contributed by atoms with Crippen molar-refractivity contribution in [3.8, 4) is 5.75 Å². The Bertz CT molecular complexity index is 1030. The highest BCUT2D eigenvalue weighted by Crippen LogP contribution is 2.31. The maximum absolute atomic E-state index is 12.0. The summed E-state index contributed by atoms with van der Waals surface area (Å²) in [4.78, 5) is 22.4. The van der Waals surface area contributed by atoms with Crippen molar-refractivity contribution < 1.29 is 20.0 Å². The van der Waals surface area contributed by atoms with Crippen LogP contribution in [0.3, 0.4) is 0 Å². The SMILES string of the molecule is O=C(Cn1nnc2ccccc21)N/N=C/c1cc(Cl)cc([N+](=O)O)c1O. The third-order valence-electron chi connectivity index (χ3n) is 3.40. The highest BCUT2D eigenvalue weighted by Gasteiger charge is 2.22. The molecule has 3 aromatic rings. The van der Waals surface area contributed by atoms with Gasteiger partial charge >= 0.3 is 5.69 Å². The number of phenols is 1. The van der Waals surface area contributed by atoms with Crippen LogP contribution >= 0.6 is 11.6 Å². The van der Waals surface area contributed by atoms with Crippen molar-refractivity contribution in [3.63, 3.8) is 0 Å². The van der Waals surface area contributed by atoms with E-state index in [1.54, 1.807) is 18.2 Å². The number of amides is 1. The van der Waals surface area contributed by atoms with E-state index in [0.717, 1.165) is 12.3 Å². The molecular weight excluding hydrogens is 364 g/mol. The smallest absolute Gasteiger partial charge is 0.359 e. The van der Waals surface area contributed by atoms with Crippen LogP contribution in [-0.2, 0) is 11.3 Å². The van der Waals surface area contributed by atoms with E-state index >= 15 is 0 Å². The first kappa shape index (κ1) is 17.3. The molecule has 0 aliphatic heterocycles. The van der Waals surface area contributed by atoms with E-state index in [-0.39, 0.29) is 17.1 Å². The number of nitrogens with one attached hydrogen (secondary N) is 1. The van der Waals surface area contributed by atoms with Crippen LogP contribution in [0, 0.1) is 4.91 Å². The fraction of sp³-hybridized carbons (Fsp3) is 0.0667. The van der Waals surface area contributed by atoms with E-state index in [9.17, 15) is 14.8 Å². The molecule has 0 bridgehead atoms. The number of rotatable bonds is 5. The predicted octanol–water partition coefficient (Wildman–Crippen LogP) is 1.74. The molecule has 2 aromatic carbocycles. The molecule has 0 aliphatic carbocycles. The predicted molar refractivity (Wildman–Crippen MR) is 91.5 cm³/mol.